The first kappa shape index (κ1) is 14.5. The lowest BCUT2D eigenvalue weighted by Gasteiger charge is -2.26. The third kappa shape index (κ3) is 3.58. The largest absolute Gasteiger partial charge is 0.492 e. The number of anilines is 1. The molecule has 1 fully saturated rings. The Balaban J connectivity index is 1.91. The number of nitro benzene ring substituents is 1. The monoisotopic (exact) mass is 281 g/mol. The third-order valence-corrected chi connectivity index (χ3v) is 3.27. The molecule has 1 saturated heterocycles. The number of morpholine rings is 1. The highest BCUT2D eigenvalue weighted by atomic mass is 16.6. The molecule has 2 N–H and O–H groups in total. The van der Waals surface area contributed by atoms with Crippen LogP contribution in [0.25, 0.3) is 0 Å². The zero-order valence-electron chi connectivity index (χ0n) is 11.5. The number of rotatable bonds is 5. The zero-order chi connectivity index (χ0) is 14.5. The molecule has 7 nitrogen and oxygen atoms in total. The van der Waals surface area contributed by atoms with Crippen LogP contribution in [0.2, 0.25) is 0 Å². The van der Waals surface area contributed by atoms with Gasteiger partial charge in [-0.25, -0.2) is 0 Å². The van der Waals surface area contributed by atoms with E-state index in [1.807, 2.05) is 0 Å². The molecule has 1 aliphatic rings. The smallest absolute Gasteiger partial charge is 0.295 e. The van der Waals surface area contributed by atoms with Crippen molar-refractivity contribution in [1.29, 1.82) is 0 Å². The fourth-order valence-electron chi connectivity index (χ4n) is 2.22. The van der Waals surface area contributed by atoms with Crippen molar-refractivity contribution in [3.63, 3.8) is 0 Å². The lowest BCUT2D eigenvalue weighted by atomic mass is 10.1. The molecule has 2 rings (SSSR count). The molecule has 0 saturated carbocycles. The van der Waals surface area contributed by atoms with Gasteiger partial charge in [0.2, 0.25) is 0 Å². The SMILES string of the molecule is Cc1cc(OCCN2CCOCC2)cc(N)c1[N+](=O)[O-]. The van der Waals surface area contributed by atoms with Crippen LogP contribution >= 0.6 is 0 Å². The van der Waals surface area contributed by atoms with Crippen molar-refractivity contribution in [3.8, 4) is 5.75 Å². The number of ether oxygens (including phenoxy) is 2. The summed E-state index contributed by atoms with van der Waals surface area (Å²) in [5, 5.41) is 10.8. The van der Waals surface area contributed by atoms with Crippen molar-refractivity contribution in [2.24, 2.45) is 0 Å². The van der Waals surface area contributed by atoms with E-state index in [4.69, 9.17) is 15.2 Å². The van der Waals surface area contributed by atoms with Crippen molar-refractivity contribution >= 4 is 11.4 Å². The van der Waals surface area contributed by atoms with Crippen LogP contribution in [-0.4, -0.2) is 49.3 Å². The Morgan fingerprint density at radius 1 is 1.45 bits per heavy atom. The summed E-state index contributed by atoms with van der Waals surface area (Å²) in [6, 6.07) is 3.15. The molecule has 0 aromatic heterocycles. The van der Waals surface area contributed by atoms with Gasteiger partial charge in [-0.2, -0.15) is 0 Å². The lowest BCUT2D eigenvalue weighted by Crippen LogP contribution is -2.38. The van der Waals surface area contributed by atoms with Gasteiger partial charge >= 0.3 is 0 Å². The van der Waals surface area contributed by atoms with Crippen molar-refractivity contribution in [3.05, 3.63) is 27.8 Å². The van der Waals surface area contributed by atoms with Crippen LogP contribution in [0.3, 0.4) is 0 Å². The number of benzene rings is 1. The normalized spacial score (nSPS) is 16.1. The molecule has 0 spiro atoms. The Hall–Kier alpha value is -1.86. The van der Waals surface area contributed by atoms with Crippen LogP contribution < -0.4 is 10.5 Å². The second-order valence-electron chi connectivity index (χ2n) is 4.74. The van der Waals surface area contributed by atoms with Crippen molar-refractivity contribution < 1.29 is 14.4 Å². The van der Waals surface area contributed by atoms with Gasteiger partial charge in [0.15, 0.2) is 0 Å². The number of aryl methyl sites for hydroxylation is 1. The molecule has 1 aromatic carbocycles. The predicted molar refractivity (Wildman–Crippen MR) is 75.0 cm³/mol. The second-order valence-corrected chi connectivity index (χ2v) is 4.74. The first-order valence-corrected chi connectivity index (χ1v) is 6.55. The molecule has 0 atom stereocenters. The van der Waals surface area contributed by atoms with Gasteiger partial charge in [-0.15, -0.1) is 0 Å². The minimum Gasteiger partial charge on any atom is -0.492 e. The highest BCUT2D eigenvalue weighted by molar-refractivity contribution is 5.65. The Bertz CT molecular complexity index is 463. The van der Waals surface area contributed by atoms with E-state index < -0.39 is 4.92 Å². The fraction of sp³-hybridized carbons (Fsp3) is 0.538. The summed E-state index contributed by atoms with van der Waals surface area (Å²) >= 11 is 0. The van der Waals surface area contributed by atoms with E-state index in [-0.39, 0.29) is 11.4 Å². The van der Waals surface area contributed by atoms with E-state index in [9.17, 15) is 10.1 Å². The number of nitro groups is 1. The van der Waals surface area contributed by atoms with Crippen molar-refractivity contribution in [2.75, 3.05) is 45.2 Å². The average Bonchev–Trinajstić information content (AvgIpc) is 2.38. The van der Waals surface area contributed by atoms with Gasteiger partial charge in [-0.3, -0.25) is 15.0 Å². The van der Waals surface area contributed by atoms with Gasteiger partial charge in [0.1, 0.15) is 18.0 Å². The number of hydrogen-bond donors (Lipinski definition) is 1. The van der Waals surface area contributed by atoms with Gasteiger partial charge in [0.25, 0.3) is 5.69 Å². The van der Waals surface area contributed by atoms with Crippen molar-refractivity contribution in [1.82, 2.24) is 4.90 Å². The van der Waals surface area contributed by atoms with Crippen LogP contribution in [0.5, 0.6) is 5.75 Å². The van der Waals surface area contributed by atoms with Crippen LogP contribution in [0.1, 0.15) is 5.56 Å². The van der Waals surface area contributed by atoms with Gasteiger partial charge in [0, 0.05) is 31.3 Å². The molecule has 0 amide bonds. The van der Waals surface area contributed by atoms with Gasteiger partial charge in [0.05, 0.1) is 18.1 Å². The zero-order valence-corrected chi connectivity index (χ0v) is 11.5. The summed E-state index contributed by atoms with van der Waals surface area (Å²) in [4.78, 5) is 12.6. The number of nitrogen functional groups attached to an aromatic ring is 1. The minimum absolute atomic E-state index is 0.0504. The standard InChI is InChI=1S/C13H19N3O4/c1-10-8-11(9-12(14)13(10)16(17)18)20-7-4-15-2-5-19-6-3-15/h8-9H,2-7,14H2,1H3. The second kappa shape index (κ2) is 6.53. The van der Waals surface area contributed by atoms with E-state index in [2.05, 4.69) is 4.90 Å². The van der Waals surface area contributed by atoms with E-state index in [1.165, 1.54) is 6.07 Å². The molecule has 1 heterocycles. The molecule has 7 heteroatoms. The molecular formula is C13H19N3O4. The highest BCUT2D eigenvalue weighted by Gasteiger charge is 2.17. The van der Waals surface area contributed by atoms with E-state index in [1.54, 1.807) is 13.0 Å². The summed E-state index contributed by atoms with van der Waals surface area (Å²) < 4.78 is 10.9. The summed E-state index contributed by atoms with van der Waals surface area (Å²) in [6.07, 6.45) is 0. The number of nitrogens with zero attached hydrogens (tertiary/aromatic N) is 2. The molecule has 110 valence electrons. The Kier molecular flexibility index (Phi) is 4.75. The fourth-order valence-corrected chi connectivity index (χ4v) is 2.22. The minimum atomic E-state index is -0.470. The van der Waals surface area contributed by atoms with E-state index >= 15 is 0 Å². The molecule has 1 aromatic rings. The molecule has 0 aliphatic carbocycles. The highest BCUT2D eigenvalue weighted by Crippen LogP contribution is 2.30. The average molecular weight is 281 g/mol. The quantitative estimate of drug-likeness (QED) is 0.495. The summed E-state index contributed by atoms with van der Waals surface area (Å²) in [7, 11) is 0. The van der Waals surface area contributed by atoms with Crippen LogP contribution in [-0.2, 0) is 4.74 Å². The number of hydrogen-bond acceptors (Lipinski definition) is 6. The molecule has 1 aliphatic heterocycles. The molecular weight excluding hydrogens is 262 g/mol. The summed E-state index contributed by atoms with van der Waals surface area (Å²) in [5.74, 6) is 0.568. The first-order valence-electron chi connectivity index (χ1n) is 6.55. The Morgan fingerprint density at radius 2 is 2.15 bits per heavy atom. The predicted octanol–water partition coefficient (Wildman–Crippen LogP) is 1.20. The maximum Gasteiger partial charge on any atom is 0.295 e. The Labute approximate surface area is 117 Å². The van der Waals surface area contributed by atoms with Crippen LogP contribution in [0.15, 0.2) is 12.1 Å². The molecule has 0 bridgehead atoms. The Morgan fingerprint density at radius 3 is 2.75 bits per heavy atom. The third-order valence-electron chi connectivity index (χ3n) is 3.27. The van der Waals surface area contributed by atoms with Crippen LogP contribution in [0, 0.1) is 17.0 Å². The molecule has 0 unspecified atom stereocenters. The first-order chi connectivity index (χ1) is 9.58. The van der Waals surface area contributed by atoms with Gasteiger partial charge < -0.3 is 15.2 Å². The topological polar surface area (TPSA) is 90.9 Å². The maximum atomic E-state index is 10.8. The summed E-state index contributed by atoms with van der Waals surface area (Å²) in [6.45, 7) is 6.31. The molecule has 20 heavy (non-hydrogen) atoms. The lowest BCUT2D eigenvalue weighted by molar-refractivity contribution is -0.384. The van der Waals surface area contributed by atoms with Gasteiger partial charge in [-0.1, -0.05) is 0 Å². The molecule has 0 radical (unpaired) electrons. The van der Waals surface area contributed by atoms with Gasteiger partial charge in [-0.05, 0) is 13.0 Å². The van der Waals surface area contributed by atoms with E-state index in [0.717, 1.165) is 32.8 Å². The van der Waals surface area contributed by atoms with Crippen molar-refractivity contribution in [2.45, 2.75) is 6.92 Å². The summed E-state index contributed by atoms with van der Waals surface area (Å²) in [5.41, 5.74) is 6.28. The maximum absolute atomic E-state index is 10.8. The number of nitrogens with two attached hydrogens (primary N) is 1. The van der Waals surface area contributed by atoms with E-state index in [0.29, 0.717) is 17.9 Å². The van der Waals surface area contributed by atoms with Crippen LogP contribution in [0.4, 0.5) is 11.4 Å².